The predicted octanol–water partition coefficient (Wildman–Crippen LogP) is 2.16. The number of carbonyl (C=O) groups excluding carboxylic acids is 1. The maximum Gasteiger partial charge on any atom is 0.292 e. The van der Waals surface area contributed by atoms with Crippen LogP contribution in [0.3, 0.4) is 0 Å². The molecule has 4 rings (SSSR count). The summed E-state index contributed by atoms with van der Waals surface area (Å²) in [4.78, 5) is 28.0. The molecule has 0 radical (unpaired) electrons. The van der Waals surface area contributed by atoms with Crippen LogP contribution in [0.1, 0.15) is 32.1 Å². The van der Waals surface area contributed by atoms with Crippen molar-refractivity contribution in [2.45, 2.75) is 44.2 Å². The first-order chi connectivity index (χ1) is 12.6. The molecule has 1 aliphatic carbocycles. The molecule has 1 unspecified atom stereocenters. The highest BCUT2D eigenvalue weighted by molar-refractivity contribution is 5.79. The van der Waals surface area contributed by atoms with Crippen molar-refractivity contribution in [1.82, 2.24) is 10.2 Å². The number of nitro groups is 1. The minimum Gasteiger partial charge on any atom is -0.366 e. The first-order valence-electron chi connectivity index (χ1n) is 9.64. The maximum absolute atomic E-state index is 12.6. The minimum atomic E-state index is -0.333. The topological polar surface area (TPSA) is 78.7 Å². The molecule has 1 aromatic carbocycles. The Kier molecular flexibility index (Phi) is 4.80. The average Bonchev–Trinajstić information content (AvgIpc) is 3.41. The Labute approximate surface area is 153 Å². The van der Waals surface area contributed by atoms with Gasteiger partial charge in [-0.3, -0.25) is 19.8 Å². The fourth-order valence-electron chi connectivity index (χ4n) is 4.26. The van der Waals surface area contributed by atoms with Gasteiger partial charge in [-0.15, -0.1) is 0 Å². The summed E-state index contributed by atoms with van der Waals surface area (Å²) in [7, 11) is 0. The molecule has 1 aromatic rings. The minimum absolute atomic E-state index is 0.0176. The van der Waals surface area contributed by atoms with Gasteiger partial charge in [-0.05, 0) is 38.2 Å². The van der Waals surface area contributed by atoms with E-state index < -0.39 is 0 Å². The number of likely N-dealkylation sites (tertiary alicyclic amines) is 1. The Bertz CT molecular complexity index is 683. The van der Waals surface area contributed by atoms with Gasteiger partial charge in [0.25, 0.3) is 5.69 Å². The van der Waals surface area contributed by atoms with E-state index in [1.54, 1.807) is 18.2 Å². The van der Waals surface area contributed by atoms with Crippen LogP contribution in [0.5, 0.6) is 0 Å². The summed E-state index contributed by atoms with van der Waals surface area (Å²) >= 11 is 0. The fraction of sp³-hybridized carbons (Fsp3) is 0.632. The molecule has 1 atom stereocenters. The number of nitrogens with zero attached hydrogens (tertiary/aromatic N) is 3. The molecule has 1 amide bonds. The van der Waals surface area contributed by atoms with Crippen molar-refractivity contribution < 1.29 is 9.72 Å². The first kappa shape index (κ1) is 17.3. The third kappa shape index (κ3) is 3.67. The molecule has 7 heteroatoms. The smallest absolute Gasteiger partial charge is 0.292 e. The van der Waals surface area contributed by atoms with E-state index in [2.05, 4.69) is 10.2 Å². The van der Waals surface area contributed by atoms with E-state index in [1.165, 1.54) is 12.8 Å². The summed E-state index contributed by atoms with van der Waals surface area (Å²) in [6.45, 7) is 3.46. The second-order valence-corrected chi connectivity index (χ2v) is 7.73. The van der Waals surface area contributed by atoms with Crippen LogP contribution in [0.25, 0.3) is 0 Å². The summed E-state index contributed by atoms with van der Waals surface area (Å²) in [5, 5.41) is 14.5. The molecule has 3 aliphatic rings. The van der Waals surface area contributed by atoms with Crippen molar-refractivity contribution in [3.8, 4) is 0 Å². The number of para-hydroxylation sites is 2. The number of benzene rings is 1. The second-order valence-electron chi connectivity index (χ2n) is 7.73. The lowest BCUT2D eigenvalue weighted by atomic mass is 9.95. The van der Waals surface area contributed by atoms with Gasteiger partial charge in [-0.2, -0.15) is 0 Å². The fourth-order valence-corrected chi connectivity index (χ4v) is 4.26. The zero-order valence-corrected chi connectivity index (χ0v) is 15.0. The molecule has 1 saturated carbocycles. The summed E-state index contributed by atoms with van der Waals surface area (Å²) in [6, 6.07) is 7.91. The van der Waals surface area contributed by atoms with Gasteiger partial charge < -0.3 is 10.2 Å². The summed E-state index contributed by atoms with van der Waals surface area (Å²) in [5.41, 5.74) is 0.800. The van der Waals surface area contributed by atoms with Gasteiger partial charge in [0.15, 0.2) is 0 Å². The molecule has 26 heavy (non-hydrogen) atoms. The number of rotatable bonds is 5. The van der Waals surface area contributed by atoms with Crippen LogP contribution < -0.4 is 10.2 Å². The van der Waals surface area contributed by atoms with E-state index in [-0.39, 0.29) is 28.5 Å². The Balaban J connectivity index is 1.29. The number of nitro benzene ring substituents is 1. The normalized spacial score (nSPS) is 24.6. The molecule has 3 fully saturated rings. The highest BCUT2D eigenvalue weighted by atomic mass is 16.6. The van der Waals surface area contributed by atoms with Gasteiger partial charge in [-0.1, -0.05) is 12.1 Å². The molecule has 0 spiro atoms. The Morgan fingerprint density at radius 2 is 1.81 bits per heavy atom. The number of nitrogens with one attached hydrogen (secondary N) is 1. The van der Waals surface area contributed by atoms with Crippen molar-refractivity contribution in [3.05, 3.63) is 34.4 Å². The van der Waals surface area contributed by atoms with E-state index in [0.717, 1.165) is 38.4 Å². The third-order valence-electron chi connectivity index (χ3n) is 5.91. The van der Waals surface area contributed by atoms with Gasteiger partial charge in [0, 0.05) is 50.2 Å². The lowest BCUT2D eigenvalue weighted by Gasteiger charge is -2.33. The molecular formula is C19H26N4O3. The largest absolute Gasteiger partial charge is 0.366 e. The monoisotopic (exact) mass is 358 g/mol. The quantitative estimate of drug-likeness (QED) is 0.645. The van der Waals surface area contributed by atoms with Crippen molar-refractivity contribution in [2.24, 2.45) is 5.92 Å². The summed E-state index contributed by atoms with van der Waals surface area (Å²) in [5.74, 6) is 0.179. The number of carbonyl (C=O) groups is 1. The van der Waals surface area contributed by atoms with Crippen molar-refractivity contribution in [3.63, 3.8) is 0 Å². The van der Waals surface area contributed by atoms with Gasteiger partial charge in [0.05, 0.1) is 4.92 Å². The molecule has 2 aliphatic heterocycles. The molecule has 0 bridgehead atoms. The van der Waals surface area contributed by atoms with Gasteiger partial charge in [-0.25, -0.2) is 0 Å². The van der Waals surface area contributed by atoms with Crippen LogP contribution >= 0.6 is 0 Å². The Morgan fingerprint density at radius 1 is 1.08 bits per heavy atom. The van der Waals surface area contributed by atoms with Crippen LogP contribution in [0.4, 0.5) is 11.4 Å². The number of hydrogen-bond donors (Lipinski definition) is 1. The molecule has 0 aromatic heterocycles. The van der Waals surface area contributed by atoms with Crippen LogP contribution in [-0.2, 0) is 4.79 Å². The average molecular weight is 358 g/mol. The van der Waals surface area contributed by atoms with E-state index in [0.29, 0.717) is 18.8 Å². The first-order valence-corrected chi connectivity index (χ1v) is 9.64. The predicted molar refractivity (Wildman–Crippen MR) is 99.2 cm³/mol. The Morgan fingerprint density at radius 3 is 2.50 bits per heavy atom. The second kappa shape index (κ2) is 7.23. The zero-order valence-electron chi connectivity index (χ0n) is 15.0. The van der Waals surface area contributed by atoms with Crippen molar-refractivity contribution >= 4 is 17.3 Å². The highest BCUT2D eigenvalue weighted by Gasteiger charge is 2.36. The molecule has 2 heterocycles. The zero-order chi connectivity index (χ0) is 18.1. The van der Waals surface area contributed by atoms with E-state index >= 15 is 0 Å². The van der Waals surface area contributed by atoms with Crippen molar-refractivity contribution in [2.75, 3.05) is 31.1 Å². The summed E-state index contributed by atoms with van der Waals surface area (Å²) < 4.78 is 0. The van der Waals surface area contributed by atoms with Gasteiger partial charge >= 0.3 is 0 Å². The molecule has 1 N–H and O–H groups in total. The Hall–Kier alpha value is -2.15. The van der Waals surface area contributed by atoms with E-state index in [1.807, 2.05) is 11.0 Å². The van der Waals surface area contributed by atoms with Crippen LogP contribution in [0, 0.1) is 16.0 Å². The number of hydrogen-bond acceptors (Lipinski definition) is 5. The van der Waals surface area contributed by atoms with Gasteiger partial charge in [0.1, 0.15) is 5.69 Å². The van der Waals surface area contributed by atoms with Crippen LogP contribution in [-0.4, -0.2) is 54.0 Å². The lowest BCUT2D eigenvalue weighted by Crippen LogP contribution is -2.45. The standard InChI is InChI=1S/C19H26N4O3/c24-19(20-15-9-12-22(13-15)16-5-6-16)14-7-10-21(11-8-14)17-3-1-2-4-18(17)23(25)26/h1-4,14-16H,5-13H2,(H,20,24). The van der Waals surface area contributed by atoms with E-state index in [4.69, 9.17) is 0 Å². The third-order valence-corrected chi connectivity index (χ3v) is 5.91. The van der Waals surface area contributed by atoms with Gasteiger partial charge in [0.2, 0.25) is 5.91 Å². The maximum atomic E-state index is 12.6. The number of piperidine rings is 1. The molecule has 140 valence electrons. The summed E-state index contributed by atoms with van der Waals surface area (Å²) in [6.07, 6.45) is 5.17. The molecule has 2 saturated heterocycles. The lowest BCUT2D eigenvalue weighted by molar-refractivity contribution is -0.384. The SMILES string of the molecule is O=C(NC1CCN(C2CC2)C1)C1CCN(c2ccccc2[N+](=O)[O-])CC1. The highest BCUT2D eigenvalue weighted by Crippen LogP contribution is 2.32. The van der Waals surface area contributed by atoms with Crippen LogP contribution in [0.2, 0.25) is 0 Å². The number of anilines is 1. The molecular weight excluding hydrogens is 332 g/mol. The van der Waals surface area contributed by atoms with E-state index in [9.17, 15) is 14.9 Å². The number of amides is 1. The molecule has 7 nitrogen and oxygen atoms in total. The van der Waals surface area contributed by atoms with Crippen molar-refractivity contribution in [1.29, 1.82) is 0 Å². The van der Waals surface area contributed by atoms with Crippen LogP contribution in [0.15, 0.2) is 24.3 Å².